The van der Waals surface area contributed by atoms with Crippen LogP contribution in [0.5, 0.6) is 5.75 Å². The highest BCUT2D eigenvalue weighted by Crippen LogP contribution is 2.40. The Kier molecular flexibility index (Phi) is 6.61. The van der Waals surface area contributed by atoms with E-state index in [9.17, 15) is 13.2 Å². The Balaban J connectivity index is 1.55. The largest absolute Gasteiger partial charge is 0.573 e. The summed E-state index contributed by atoms with van der Waals surface area (Å²) in [5.41, 5.74) is 7.45. The number of alkyl halides is 3. The fourth-order valence-electron chi connectivity index (χ4n) is 5.75. The summed E-state index contributed by atoms with van der Waals surface area (Å²) in [6.07, 6.45) is 4.33. The first-order chi connectivity index (χ1) is 14.3. The van der Waals surface area contributed by atoms with Crippen molar-refractivity contribution in [2.75, 3.05) is 32.7 Å². The molecule has 0 spiro atoms. The van der Waals surface area contributed by atoms with Gasteiger partial charge in [-0.25, -0.2) is 0 Å². The van der Waals surface area contributed by atoms with E-state index in [0.717, 1.165) is 57.4 Å². The van der Waals surface area contributed by atoms with Crippen LogP contribution in [0.15, 0.2) is 24.3 Å². The molecule has 2 N–H and O–H groups in total. The number of ether oxygens (including phenoxy) is 1. The summed E-state index contributed by atoms with van der Waals surface area (Å²) in [6.45, 7) is 5.11. The van der Waals surface area contributed by atoms with E-state index in [1.165, 1.54) is 38.3 Å². The smallest absolute Gasteiger partial charge is 0.406 e. The number of nitrogens with zero attached hydrogens (tertiary/aromatic N) is 2. The lowest BCUT2D eigenvalue weighted by Crippen LogP contribution is -2.57. The Labute approximate surface area is 177 Å². The first kappa shape index (κ1) is 21.9. The van der Waals surface area contributed by atoms with Crippen LogP contribution in [0.25, 0.3) is 0 Å². The number of hydrogen-bond acceptors (Lipinski definition) is 4. The van der Waals surface area contributed by atoms with Gasteiger partial charge in [0.05, 0.1) is 0 Å². The molecule has 7 heteroatoms. The van der Waals surface area contributed by atoms with Crippen LogP contribution in [0.3, 0.4) is 0 Å². The minimum atomic E-state index is -4.68. The first-order valence-corrected chi connectivity index (χ1v) is 11.4. The Bertz CT molecular complexity index is 705. The van der Waals surface area contributed by atoms with Crippen LogP contribution < -0.4 is 10.5 Å². The van der Waals surface area contributed by atoms with E-state index in [0.29, 0.717) is 6.04 Å². The van der Waals surface area contributed by atoms with Crippen LogP contribution in [-0.4, -0.2) is 60.5 Å². The molecule has 1 saturated carbocycles. The predicted molar refractivity (Wildman–Crippen MR) is 112 cm³/mol. The third-order valence-electron chi connectivity index (χ3n) is 7.33. The molecule has 4 nitrogen and oxygen atoms in total. The molecule has 1 aromatic carbocycles. The minimum Gasteiger partial charge on any atom is -0.406 e. The molecular weight excluding hydrogens is 391 g/mol. The molecule has 2 saturated heterocycles. The Hall–Kier alpha value is -1.31. The third kappa shape index (κ3) is 5.29. The SMILES string of the molecule is NC1([C@H](CN2CCN3CCCCC3C2)c2cccc(OC(F)(F)F)c2)CCCCC1. The van der Waals surface area contributed by atoms with Crippen molar-refractivity contribution in [3.8, 4) is 5.75 Å². The van der Waals surface area contributed by atoms with Crippen LogP contribution in [-0.2, 0) is 0 Å². The highest BCUT2D eigenvalue weighted by molar-refractivity contribution is 5.33. The number of rotatable bonds is 5. The molecule has 2 aliphatic heterocycles. The zero-order valence-corrected chi connectivity index (χ0v) is 17.7. The van der Waals surface area contributed by atoms with Gasteiger partial charge in [0.25, 0.3) is 0 Å². The van der Waals surface area contributed by atoms with Gasteiger partial charge < -0.3 is 10.5 Å². The molecule has 0 amide bonds. The van der Waals surface area contributed by atoms with Crippen molar-refractivity contribution in [3.63, 3.8) is 0 Å². The second-order valence-electron chi connectivity index (χ2n) is 9.41. The van der Waals surface area contributed by atoms with Gasteiger partial charge in [-0.05, 0) is 49.9 Å². The molecule has 1 unspecified atom stereocenters. The van der Waals surface area contributed by atoms with E-state index in [1.54, 1.807) is 12.1 Å². The van der Waals surface area contributed by atoms with E-state index in [2.05, 4.69) is 14.5 Å². The van der Waals surface area contributed by atoms with E-state index in [-0.39, 0.29) is 17.2 Å². The molecule has 3 fully saturated rings. The van der Waals surface area contributed by atoms with E-state index < -0.39 is 6.36 Å². The topological polar surface area (TPSA) is 41.7 Å². The lowest BCUT2D eigenvalue weighted by Gasteiger charge is -2.48. The van der Waals surface area contributed by atoms with Crippen molar-refractivity contribution in [1.82, 2.24) is 9.80 Å². The van der Waals surface area contributed by atoms with Gasteiger partial charge in [-0.2, -0.15) is 0 Å². The van der Waals surface area contributed by atoms with Gasteiger partial charge in [0.15, 0.2) is 0 Å². The van der Waals surface area contributed by atoms with Gasteiger partial charge in [0.1, 0.15) is 5.75 Å². The van der Waals surface area contributed by atoms with E-state index >= 15 is 0 Å². The summed E-state index contributed by atoms with van der Waals surface area (Å²) in [6, 6.07) is 7.12. The zero-order chi connectivity index (χ0) is 21.2. The molecule has 1 aliphatic carbocycles. The number of piperidine rings is 1. The summed E-state index contributed by atoms with van der Waals surface area (Å²) in [4.78, 5) is 5.10. The molecule has 3 aliphatic rings. The van der Waals surface area contributed by atoms with Crippen LogP contribution in [0.4, 0.5) is 13.2 Å². The van der Waals surface area contributed by atoms with Crippen molar-refractivity contribution in [2.45, 2.75) is 75.2 Å². The van der Waals surface area contributed by atoms with Crippen molar-refractivity contribution < 1.29 is 17.9 Å². The molecule has 2 heterocycles. The second-order valence-corrected chi connectivity index (χ2v) is 9.41. The average molecular weight is 426 g/mol. The molecule has 168 valence electrons. The van der Waals surface area contributed by atoms with Gasteiger partial charge >= 0.3 is 6.36 Å². The highest BCUT2D eigenvalue weighted by Gasteiger charge is 2.40. The normalized spacial score (nSPS) is 26.7. The van der Waals surface area contributed by atoms with Crippen molar-refractivity contribution in [1.29, 1.82) is 0 Å². The van der Waals surface area contributed by atoms with Gasteiger partial charge in [-0.1, -0.05) is 37.8 Å². The van der Waals surface area contributed by atoms with Crippen LogP contribution in [0.2, 0.25) is 0 Å². The molecule has 1 aromatic rings. The lowest BCUT2D eigenvalue weighted by atomic mass is 9.70. The van der Waals surface area contributed by atoms with Crippen molar-refractivity contribution in [2.24, 2.45) is 5.73 Å². The highest BCUT2D eigenvalue weighted by atomic mass is 19.4. The Morgan fingerprint density at radius 2 is 1.87 bits per heavy atom. The van der Waals surface area contributed by atoms with E-state index in [4.69, 9.17) is 5.73 Å². The third-order valence-corrected chi connectivity index (χ3v) is 7.33. The first-order valence-electron chi connectivity index (χ1n) is 11.4. The number of benzene rings is 1. The fourth-order valence-corrected chi connectivity index (χ4v) is 5.75. The van der Waals surface area contributed by atoms with Gasteiger partial charge in [-0.15, -0.1) is 13.2 Å². The number of halogens is 3. The molecule has 2 atom stereocenters. The standard InChI is InChI=1S/C23H34F3N3O/c24-23(25,26)30-20-9-6-7-18(15-20)21(22(27)10-3-1-4-11-22)17-28-13-14-29-12-5-2-8-19(29)16-28/h6-7,9,15,19,21H,1-5,8,10-14,16-17,27H2/t19?,21-/m1/s1. The van der Waals surface area contributed by atoms with Crippen molar-refractivity contribution in [3.05, 3.63) is 29.8 Å². The number of nitrogens with two attached hydrogens (primary N) is 1. The fraction of sp³-hybridized carbons (Fsp3) is 0.739. The molecule has 0 radical (unpaired) electrons. The lowest BCUT2D eigenvalue weighted by molar-refractivity contribution is -0.274. The second kappa shape index (κ2) is 9.05. The maximum Gasteiger partial charge on any atom is 0.573 e. The van der Waals surface area contributed by atoms with Crippen LogP contribution in [0.1, 0.15) is 62.8 Å². The van der Waals surface area contributed by atoms with E-state index in [1.807, 2.05) is 6.07 Å². The van der Waals surface area contributed by atoms with Crippen molar-refractivity contribution >= 4 is 0 Å². The average Bonchev–Trinajstić information content (AvgIpc) is 2.71. The van der Waals surface area contributed by atoms with Gasteiger partial charge in [0.2, 0.25) is 0 Å². The number of piperazine rings is 1. The maximum atomic E-state index is 12.8. The summed E-state index contributed by atoms with van der Waals surface area (Å²) < 4.78 is 42.5. The van der Waals surface area contributed by atoms with Gasteiger partial charge in [0, 0.05) is 43.7 Å². The maximum absolute atomic E-state index is 12.8. The van der Waals surface area contributed by atoms with Crippen LogP contribution in [0, 0.1) is 0 Å². The molecule has 0 bridgehead atoms. The minimum absolute atomic E-state index is 0.00437. The summed E-state index contributed by atoms with van der Waals surface area (Å²) >= 11 is 0. The summed E-state index contributed by atoms with van der Waals surface area (Å²) in [5.74, 6) is -0.147. The molecule has 30 heavy (non-hydrogen) atoms. The molecular formula is C23H34F3N3O. The Morgan fingerprint density at radius 1 is 1.07 bits per heavy atom. The summed E-state index contributed by atoms with van der Waals surface area (Å²) in [5, 5.41) is 0. The number of fused-ring (bicyclic) bond motifs is 1. The quantitative estimate of drug-likeness (QED) is 0.754. The summed E-state index contributed by atoms with van der Waals surface area (Å²) in [7, 11) is 0. The van der Waals surface area contributed by atoms with Crippen LogP contribution >= 0.6 is 0 Å². The Morgan fingerprint density at radius 3 is 2.63 bits per heavy atom. The van der Waals surface area contributed by atoms with Gasteiger partial charge in [-0.3, -0.25) is 9.80 Å². The molecule has 4 rings (SSSR count). The number of hydrogen-bond donors (Lipinski definition) is 1. The molecule has 0 aromatic heterocycles. The predicted octanol–water partition coefficient (Wildman–Crippen LogP) is 4.50. The monoisotopic (exact) mass is 425 g/mol. The zero-order valence-electron chi connectivity index (χ0n) is 17.7.